The van der Waals surface area contributed by atoms with Gasteiger partial charge in [0.15, 0.2) is 0 Å². The van der Waals surface area contributed by atoms with Gasteiger partial charge in [0.25, 0.3) is 5.91 Å². The van der Waals surface area contributed by atoms with Crippen molar-refractivity contribution in [1.82, 2.24) is 9.78 Å². The number of anilines is 1. The molecule has 0 aliphatic heterocycles. The Bertz CT molecular complexity index is 1560. The van der Waals surface area contributed by atoms with Crippen molar-refractivity contribution >= 4 is 28.9 Å². The van der Waals surface area contributed by atoms with E-state index in [1.807, 2.05) is 5.38 Å². The molecule has 9 heteroatoms. The zero-order chi connectivity index (χ0) is 25.9. The number of amides is 1. The number of nitrogens with one attached hydrogen (secondary N) is 1. The molecule has 2 aromatic heterocycles. The smallest absolute Gasteiger partial charge is 0.309 e. The molecule has 0 saturated heterocycles. The highest BCUT2D eigenvalue weighted by Gasteiger charge is 2.25. The van der Waals surface area contributed by atoms with E-state index < -0.39 is 17.6 Å². The van der Waals surface area contributed by atoms with E-state index in [-0.39, 0.29) is 11.8 Å². The van der Waals surface area contributed by atoms with Gasteiger partial charge < -0.3 is 10.1 Å². The summed E-state index contributed by atoms with van der Waals surface area (Å²) in [6.45, 7) is 1.27. The minimum Gasteiger partial charge on any atom is -0.407 e. The monoisotopic (exact) mass is 515 g/mol. The number of carbonyl (C=O) groups excluding carboxylic acids is 2. The fourth-order valence-electron chi connectivity index (χ4n) is 3.78. The molecule has 6 nitrogen and oxygen atoms in total. The second kappa shape index (κ2) is 10.2. The van der Waals surface area contributed by atoms with Crippen LogP contribution in [-0.4, -0.2) is 21.7 Å². The number of esters is 1. The number of aromatic nitrogens is 2. The highest BCUT2D eigenvalue weighted by atomic mass is 32.1. The van der Waals surface area contributed by atoms with Gasteiger partial charge in [-0.1, -0.05) is 18.2 Å². The fraction of sp³-hybridized carbons (Fsp3) is 0.0357. The van der Waals surface area contributed by atoms with Gasteiger partial charge in [0.05, 0.1) is 16.1 Å². The lowest BCUT2D eigenvalue weighted by Crippen LogP contribution is -2.10. The molecule has 5 rings (SSSR count). The third-order valence-corrected chi connectivity index (χ3v) is 6.32. The fourth-order valence-corrected chi connectivity index (χ4v) is 4.40. The van der Waals surface area contributed by atoms with Crippen LogP contribution in [0.4, 0.5) is 14.5 Å². The van der Waals surface area contributed by atoms with Crippen molar-refractivity contribution in [2.75, 3.05) is 5.32 Å². The van der Waals surface area contributed by atoms with Gasteiger partial charge in [-0.15, -0.1) is 11.3 Å². The summed E-state index contributed by atoms with van der Waals surface area (Å²) in [6, 6.07) is 21.8. The first-order valence-electron chi connectivity index (χ1n) is 11.2. The number of ether oxygens (including phenoxy) is 1. The molecular formula is C28H19F2N3O3S. The second-order valence-corrected chi connectivity index (χ2v) is 8.97. The minimum atomic E-state index is -0.574. The molecule has 0 fully saturated rings. The van der Waals surface area contributed by atoms with E-state index in [2.05, 4.69) is 10.4 Å². The van der Waals surface area contributed by atoms with E-state index >= 15 is 0 Å². The highest BCUT2D eigenvalue weighted by Crippen LogP contribution is 2.41. The molecule has 2 heterocycles. The molecule has 0 aliphatic rings. The average Bonchev–Trinajstić information content (AvgIpc) is 3.55. The predicted octanol–water partition coefficient (Wildman–Crippen LogP) is 6.72. The summed E-state index contributed by atoms with van der Waals surface area (Å²) in [5.74, 6) is -1.51. The molecule has 0 radical (unpaired) electrons. The van der Waals surface area contributed by atoms with Crippen LogP contribution in [0.3, 0.4) is 0 Å². The summed E-state index contributed by atoms with van der Waals surface area (Å²) in [7, 11) is 0. The Morgan fingerprint density at radius 2 is 1.49 bits per heavy atom. The molecule has 1 amide bonds. The zero-order valence-corrected chi connectivity index (χ0v) is 20.3. The minimum absolute atomic E-state index is 0.119. The Morgan fingerprint density at radius 3 is 2.08 bits per heavy atom. The maximum atomic E-state index is 13.7. The quantitative estimate of drug-likeness (QED) is 0.255. The van der Waals surface area contributed by atoms with Gasteiger partial charge >= 0.3 is 5.97 Å². The second-order valence-electron chi connectivity index (χ2n) is 8.03. The normalized spacial score (nSPS) is 10.8. The van der Waals surface area contributed by atoms with Crippen LogP contribution in [0, 0.1) is 11.6 Å². The van der Waals surface area contributed by atoms with Gasteiger partial charge in [-0.3, -0.25) is 9.59 Å². The summed E-state index contributed by atoms with van der Waals surface area (Å²) in [4.78, 5) is 25.1. The first kappa shape index (κ1) is 24.1. The Hall–Kier alpha value is -4.63. The van der Waals surface area contributed by atoms with Crippen LogP contribution in [0.25, 0.3) is 28.1 Å². The maximum absolute atomic E-state index is 13.7. The van der Waals surface area contributed by atoms with Gasteiger partial charge in [-0.25, -0.2) is 8.78 Å². The highest BCUT2D eigenvalue weighted by molar-refractivity contribution is 7.12. The van der Waals surface area contributed by atoms with Crippen LogP contribution in [0.1, 0.15) is 16.6 Å². The van der Waals surface area contributed by atoms with Crippen LogP contribution >= 0.6 is 11.3 Å². The molecule has 37 heavy (non-hydrogen) atoms. The number of thiophene rings is 1. The van der Waals surface area contributed by atoms with E-state index in [9.17, 15) is 18.4 Å². The molecule has 184 valence electrons. The number of carbonyl (C=O) groups is 2. The van der Waals surface area contributed by atoms with Gasteiger partial charge in [0, 0.05) is 18.2 Å². The molecule has 0 aliphatic carbocycles. The summed E-state index contributed by atoms with van der Waals surface area (Å²) in [5.41, 5.74) is 3.16. The van der Waals surface area contributed by atoms with Crippen molar-refractivity contribution in [3.63, 3.8) is 0 Å². The number of benzene rings is 3. The molecule has 0 saturated carbocycles. The Kier molecular flexibility index (Phi) is 6.61. The molecule has 0 unspecified atom stereocenters. The van der Waals surface area contributed by atoms with Crippen LogP contribution in [0.15, 0.2) is 90.3 Å². The van der Waals surface area contributed by atoms with E-state index in [0.29, 0.717) is 38.6 Å². The van der Waals surface area contributed by atoms with Crippen molar-refractivity contribution in [1.29, 1.82) is 0 Å². The van der Waals surface area contributed by atoms with E-state index in [1.165, 1.54) is 59.3 Å². The lowest BCUT2D eigenvalue weighted by atomic mass is 10.0. The number of hydrogen-bond donors (Lipinski definition) is 1. The molecule has 1 N–H and O–H groups in total. The molecule has 5 aromatic rings. The number of rotatable bonds is 6. The number of nitrogens with zero attached hydrogens (tertiary/aromatic N) is 2. The average molecular weight is 516 g/mol. The van der Waals surface area contributed by atoms with Gasteiger partial charge in [-0.05, 0) is 77.7 Å². The number of hydrogen-bond acceptors (Lipinski definition) is 5. The largest absolute Gasteiger partial charge is 0.407 e. The summed E-state index contributed by atoms with van der Waals surface area (Å²) < 4.78 is 34.3. The molecule has 0 spiro atoms. The van der Waals surface area contributed by atoms with Crippen LogP contribution in [-0.2, 0) is 4.79 Å². The Morgan fingerprint density at radius 1 is 0.865 bits per heavy atom. The van der Waals surface area contributed by atoms with Crippen molar-refractivity contribution < 1.29 is 23.1 Å². The van der Waals surface area contributed by atoms with Crippen molar-refractivity contribution in [3.05, 3.63) is 107 Å². The van der Waals surface area contributed by atoms with Crippen LogP contribution < -0.4 is 10.1 Å². The van der Waals surface area contributed by atoms with Gasteiger partial charge in [-0.2, -0.15) is 9.78 Å². The summed E-state index contributed by atoms with van der Waals surface area (Å²) in [6.07, 6.45) is 0. The first-order chi connectivity index (χ1) is 17.9. The molecule has 0 atom stereocenters. The lowest BCUT2D eigenvalue weighted by Gasteiger charge is -2.10. The molecular weight excluding hydrogens is 496 g/mol. The Balaban J connectivity index is 1.63. The first-order valence-corrected chi connectivity index (χ1v) is 12.1. The standard InChI is InChI=1S/C28H19F2N3O3S/c1-17(34)36-28-25(18-6-12-22(13-7-18)31-27(35)24-3-2-16-37-24)26(19-4-8-20(29)9-5-19)32-33(28)23-14-10-21(30)11-15-23/h2-16H,1H3,(H,31,35). The lowest BCUT2D eigenvalue weighted by molar-refractivity contribution is -0.132. The number of halogens is 2. The van der Waals surface area contributed by atoms with Crippen molar-refractivity contribution in [2.24, 2.45) is 0 Å². The maximum Gasteiger partial charge on any atom is 0.309 e. The van der Waals surface area contributed by atoms with E-state index in [1.54, 1.807) is 48.5 Å². The molecule has 0 bridgehead atoms. The van der Waals surface area contributed by atoms with Crippen molar-refractivity contribution in [2.45, 2.75) is 6.92 Å². The topological polar surface area (TPSA) is 73.2 Å². The summed E-state index contributed by atoms with van der Waals surface area (Å²) in [5, 5.41) is 9.34. The van der Waals surface area contributed by atoms with Gasteiger partial charge in [0.1, 0.15) is 17.3 Å². The van der Waals surface area contributed by atoms with Crippen LogP contribution in [0.5, 0.6) is 5.88 Å². The third-order valence-electron chi connectivity index (χ3n) is 5.45. The van der Waals surface area contributed by atoms with E-state index in [4.69, 9.17) is 4.74 Å². The zero-order valence-electron chi connectivity index (χ0n) is 19.4. The van der Waals surface area contributed by atoms with Gasteiger partial charge in [0.2, 0.25) is 5.88 Å². The SMILES string of the molecule is CC(=O)Oc1c(-c2ccc(NC(=O)c3cccs3)cc2)c(-c2ccc(F)cc2)nn1-c1ccc(F)cc1. The predicted molar refractivity (Wildman–Crippen MR) is 138 cm³/mol. The Labute approximate surface area is 214 Å². The molecule has 3 aromatic carbocycles. The third kappa shape index (κ3) is 5.17. The summed E-state index contributed by atoms with van der Waals surface area (Å²) >= 11 is 1.34. The van der Waals surface area contributed by atoms with E-state index in [0.717, 1.165) is 0 Å². The van der Waals surface area contributed by atoms with Crippen LogP contribution in [0.2, 0.25) is 0 Å². The van der Waals surface area contributed by atoms with Crippen molar-refractivity contribution in [3.8, 4) is 34.0 Å².